The van der Waals surface area contributed by atoms with Gasteiger partial charge in [-0.15, -0.1) is 0 Å². The predicted octanol–water partition coefficient (Wildman–Crippen LogP) is 4.33. The van der Waals surface area contributed by atoms with Crippen molar-refractivity contribution < 1.29 is 14.0 Å². The highest BCUT2D eigenvalue weighted by Crippen LogP contribution is 2.15. The summed E-state index contributed by atoms with van der Waals surface area (Å²) in [5.74, 6) is 0.339. The second-order valence-corrected chi connectivity index (χ2v) is 6.51. The molecule has 0 aliphatic carbocycles. The molecule has 0 atom stereocenters. The Morgan fingerprint density at radius 3 is 2.39 bits per heavy atom. The van der Waals surface area contributed by atoms with Crippen molar-refractivity contribution >= 4 is 29.5 Å². The second kappa shape index (κ2) is 9.06. The molecule has 1 aromatic heterocycles. The highest BCUT2D eigenvalue weighted by Gasteiger charge is 2.15. The summed E-state index contributed by atoms with van der Waals surface area (Å²) in [6, 6.07) is 19.4. The average molecular weight is 395 g/mol. The van der Waals surface area contributed by atoms with Crippen LogP contribution in [-0.2, 0) is 11.3 Å². The van der Waals surface area contributed by atoms with Crippen molar-refractivity contribution in [1.29, 1.82) is 0 Å². The third-order valence-corrected chi connectivity index (χ3v) is 4.34. The van der Waals surface area contributed by atoms with Crippen LogP contribution in [0.1, 0.15) is 27.4 Å². The molecule has 1 heterocycles. The van der Waals surface area contributed by atoms with E-state index in [9.17, 15) is 9.59 Å². The first-order valence-electron chi connectivity index (χ1n) is 8.69. The van der Waals surface area contributed by atoms with E-state index in [1.807, 2.05) is 24.3 Å². The van der Waals surface area contributed by atoms with E-state index in [1.165, 1.54) is 6.08 Å². The fourth-order valence-electron chi connectivity index (χ4n) is 2.53. The molecule has 28 heavy (non-hydrogen) atoms. The summed E-state index contributed by atoms with van der Waals surface area (Å²) in [4.78, 5) is 25.2. The van der Waals surface area contributed by atoms with E-state index in [2.05, 4.69) is 10.6 Å². The standard InChI is InChI=1S/C22H19ClN2O3/c1-15-11-12-18(28-15)13-20(25-21(26)16-7-3-2-4-8-16)22(27)24-14-17-9-5-6-10-19(17)23/h2-13H,14H2,1H3,(H,24,27)(H,25,26). The summed E-state index contributed by atoms with van der Waals surface area (Å²) in [7, 11) is 0. The molecule has 0 saturated carbocycles. The monoisotopic (exact) mass is 394 g/mol. The third-order valence-electron chi connectivity index (χ3n) is 3.97. The van der Waals surface area contributed by atoms with Crippen molar-refractivity contribution in [3.05, 3.63) is 100 Å². The number of nitrogens with one attached hydrogen (secondary N) is 2. The van der Waals surface area contributed by atoms with Crippen LogP contribution in [0.5, 0.6) is 0 Å². The Hall–Kier alpha value is -3.31. The number of aryl methyl sites for hydroxylation is 1. The van der Waals surface area contributed by atoms with Gasteiger partial charge < -0.3 is 15.1 Å². The minimum Gasteiger partial charge on any atom is -0.462 e. The maximum Gasteiger partial charge on any atom is 0.268 e. The summed E-state index contributed by atoms with van der Waals surface area (Å²) >= 11 is 6.13. The lowest BCUT2D eigenvalue weighted by Crippen LogP contribution is -2.34. The van der Waals surface area contributed by atoms with Gasteiger partial charge in [0.2, 0.25) is 0 Å². The van der Waals surface area contributed by atoms with Gasteiger partial charge in [0, 0.05) is 23.2 Å². The Morgan fingerprint density at radius 2 is 1.71 bits per heavy atom. The van der Waals surface area contributed by atoms with Crippen LogP contribution in [0.15, 0.2) is 76.8 Å². The molecule has 2 N–H and O–H groups in total. The van der Waals surface area contributed by atoms with Gasteiger partial charge in [-0.2, -0.15) is 0 Å². The number of benzene rings is 2. The molecular weight excluding hydrogens is 376 g/mol. The van der Waals surface area contributed by atoms with E-state index in [0.717, 1.165) is 5.56 Å². The molecule has 2 aromatic carbocycles. The molecule has 3 rings (SSSR count). The van der Waals surface area contributed by atoms with E-state index in [1.54, 1.807) is 49.4 Å². The molecule has 5 nitrogen and oxygen atoms in total. The fourth-order valence-corrected chi connectivity index (χ4v) is 2.73. The van der Waals surface area contributed by atoms with Gasteiger partial charge in [0.15, 0.2) is 0 Å². The molecule has 6 heteroatoms. The first-order chi connectivity index (χ1) is 13.5. The average Bonchev–Trinajstić information content (AvgIpc) is 3.12. The highest BCUT2D eigenvalue weighted by atomic mass is 35.5. The van der Waals surface area contributed by atoms with E-state index in [4.69, 9.17) is 16.0 Å². The van der Waals surface area contributed by atoms with Gasteiger partial charge in [-0.05, 0) is 42.8 Å². The van der Waals surface area contributed by atoms with Gasteiger partial charge >= 0.3 is 0 Å². The predicted molar refractivity (Wildman–Crippen MR) is 109 cm³/mol. The molecule has 0 aliphatic rings. The summed E-state index contributed by atoms with van der Waals surface area (Å²) in [6.45, 7) is 2.03. The van der Waals surface area contributed by atoms with E-state index in [0.29, 0.717) is 22.1 Å². The topological polar surface area (TPSA) is 71.3 Å². The van der Waals surface area contributed by atoms with Crippen LogP contribution in [-0.4, -0.2) is 11.8 Å². The number of furan rings is 1. The zero-order valence-electron chi connectivity index (χ0n) is 15.2. The van der Waals surface area contributed by atoms with Crippen molar-refractivity contribution in [3.8, 4) is 0 Å². The minimum atomic E-state index is -0.446. The third kappa shape index (κ3) is 5.11. The first-order valence-corrected chi connectivity index (χ1v) is 9.07. The minimum absolute atomic E-state index is 0.0789. The zero-order chi connectivity index (χ0) is 19.9. The number of amides is 2. The molecule has 0 radical (unpaired) electrons. The van der Waals surface area contributed by atoms with E-state index < -0.39 is 5.91 Å². The lowest BCUT2D eigenvalue weighted by Gasteiger charge is -2.11. The Balaban J connectivity index is 1.79. The molecule has 0 aliphatic heterocycles. The number of carbonyl (C=O) groups excluding carboxylic acids is 2. The van der Waals surface area contributed by atoms with Crippen molar-refractivity contribution in [2.24, 2.45) is 0 Å². The molecule has 0 fully saturated rings. The van der Waals surface area contributed by atoms with Gasteiger partial charge in [-0.25, -0.2) is 0 Å². The van der Waals surface area contributed by atoms with Gasteiger partial charge in [0.1, 0.15) is 17.2 Å². The fraction of sp³-hybridized carbons (Fsp3) is 0.0909. The van der Waals surface area contributed by atoms with Crippen molar-refractivity contribution in [3.63, 3.8) is 0 Å². The molecular formula is C22H19ClN2O3. The Bertz CT molecular complexity index is 1010. The van der Waals surface area contributed by atoms with Crippen LogP contribution in [0.3, 0.4) is 0 Å². The Morgan fingerprint density at radius 1 is 1.00 bits per heavy atom. The van der Waals surface area contributed by atoms with Crippen LogP contribution >= 0.6 is 11.6 Å². The van der Waals surface area contributed by atoms with Gasteiger partial charge in [0.05, 0.1) is 0 Å². The Kier molecular flexibility index (Phi) is 6.29. The van der Waals surface area contributed by atoms with Crippen LogP contribution in [0, 0.1) is 6.92 Å². The quantitative estimate of drug-likeness (QED) is 0.611. The number of rotatable bonds is 6. The van der Waals surface area contributed by atoms with Crippen molar-refractivity contribution in [2.45, 2.75) is 13.5 Å². The van der Waals surface area contributed by atoms with E-state index >= 15 is 0 Å². The normalized spacial score (nSPS) is 11.1. The number of halogens is 1. The maximum absolute atomic E-state index is 12.7. The van der Waals surface area contributed by atoms with Crippen molar-refractivity contribution in [1.82, 2.24) is 10.6 Å². The maximum atomic E-state index is 12.7. The van der Waals surface area contributed by atoms with Crippen LogP contribution in [0.2, 0.25) is 5.02 Å². The van der Waals surface area contributed by atoms with Crippen molar-refractivity contribution in [2.75, 3.05) is 0 Å². The number of hydrogen-bond donors (Lipinski definition) is 2. The summed E-state index contributed by atoms with van der Waals surface area (Å²) in [5, 5.41) is 5.99. The van der Waals surface area contributed by atoms with Gasteiger partial charge in [-0.3, -0.25) is 9.59 Å². The zero-order valence-corrected chi connectivity index (χ0v) is 16.0. The molecule has 0 unspecified atom stereocenters. The molecule has 0 saturated heterocycles. The summed E-state index contributed by atoms with van der Waals surface area (Å²) in [6.07, 6.45) is 1.50. The van der Waals surface area contributed by atoms with Crippen LogP contribution < -0.4 is 10.6 Å². The summed E-state index contributed by atoms with van der Waals surface area (Å²) < 4.78 is 5.50. The number of hydrogen-bond acceptors (Lipinski definition) is 3. The largest absolute Gasteiger partial charge is 0.462 e. The lowest BCUT2D eigenvalue weighted by atomic mass is 10.2. The molecule has 2 amide bonds. The van der Waals surface area contributed by atoms with Crippen LogP contribution in [0.25, 0.3) is 6.08 Å². The highest BCUT2D eigenvalue weighted by molar-refractivity contribution is 6.31. The Labute approximate surface area is 168 Å². The second-order valence-electron chi connectivity index (χ2n) is 6.10. The van der Waals surface area contributed by atoms with Crippen LogP contribution in [0.4, 0.5) is 0 Å². The summed E-state index contributed by atoms with van der Waals surface area (Å²) in [5.41, 5.74) is 1.30. The smallest absolute Gasteiger partial charge is 0.268 e. The number of carbonyl (C=O) groups is 2. The SMILES string of the molecule is Cc1ccc(C=C(NC(=O)c2ccccc2)C(=O)NCc2ccccc2Cl)o1. The van der Waals surface area contributed by atoms with Gasteiger partial charge in [0.25, 0.3) is 11.8 Å². The van der Waals surface area contributed by atoms with E-state index in [-0.39, 0.29) is 18.1 Å². The lowest BCUT2D eigenvalue weighted by molar-refractivity contribution is -0.117. The molecule has 0 spiro atoms. The molecule has 142 valence electrons. The molecule has 0 bridgehead atoms. The first kappa shape index (κ1) is 19.5. The molecule has 3 aromatic rings. The van der Waals surface area contributed by atoms with Gasteiger partial charge in [-0.1, -0.05) is 48.0 Å².